The molecule has 1 N–H and O–H groups in total. The maximum atomic E-state index is 9.54. The lowest BCUT2D eigenvalue weighted by atomic mass is 9.77. The molecule has 104 valence electrons. The van der Waals surface area contributed by atoms with Gasteiger partial charge in [0.25, 0.3) is 0 Å². The van der Waals surface area contributed by atoms with Crippen molar-refractivity contribution < 1.29 is 5.11 Å². The Hall–Kier alpha value is -2.46. The lowest BCUT2D eigenvalue weighted by molar-refractivity contribution is 0.268. The highest BCUT2D eigenvalue weighted by Gasteiger charge is 2.32. The molecular formula is C17H15N3O. The van der Waals surface area contributed by atoms with Crippen molar-refractivity contribution in [3.8, 4) is 5.69 Å². The van der Waals surface area contributed by atoms with Gasteiger partial charge in [-0.2, -0.15) is 0 Å². The Labute approximate surface area is 122 Å². The van der Waals surface area contributed by atoms with Crippen molar-refractivity contribution in [3.63, 3.8) is 0 Å². The Bertz CT molecular complexity index is 780. The maximum absolute atomic E-state index is 9.54. The number of benzene rings is 2. The molecular weight excluding hydrogens is 262 g/mol. The Morgan fingerprint density at radius 3 is 2.52 bits per heavy atom. The molecule has 0 saturated heterocycles. The minimum Gasteiger partial charge on any atom is -0.388 e. The molecule has 1 aromatic heterocycles. The number of hydrogen-bond acceptors (Lipinski definition) is 3. The van der Waals surface area contributed by atoms with Crippen LogP contribution < -0.4 is 0 Å². The molecule has 4 nitrogen and oxygen atoms in total. The minimum atomic E-state index is -0.115. The smallest absolute Gasteiger partial charge is 0.163 e. The fraction of sp³-hybridized carbons (Fsp3) is 0.176. The van der Waals surface area contributed by atoms with Crippen LogP contribution >= 0.6 is 0 Å². The van der Waals surface area contributed by atoms with Crippen LogP contribution in [0.25, 0.3) is 5.69 Å². The highest BCUT2D eigenvalue weighted by molar-refractivity contribution is 5.46. The number of fused-ring (bicyclic) bond motifs is 1. The van der Waals surface area contributed by atoms with Gasteiger partial charge >= 0.3 is 0 Å². The van der Waals surface area contributed by atoms with Crippen molar-refractivity contribution in [1.29, 1.82) is 0 Å². The van der Waals surface area contributed by atoms with E-state index in [1.54, 1.807) is 0 Å². The van der Waals surface area contributed by atoms with Gasteiger partial charge in [-0.3, -0.25) is 4.57 Å². The Balaban J connectivity index is 1.83. The van der Waals surface area contributed by atoms with Crippen LogP contribution in [0, 0.1) is 0 Å². The molecule has 1 unspecified atom stereocenters. The zero-order chi connectivity index (χ0) is 14.2. The number of rotatable bonds is 3. The summed E-state index contributed by atoms with van der Waals surface area (Å²) in [7, 11) is 0. The van der Waals surface area contributed by atoms with Crippen molar-refractivity contribution in [2.75, 3.05) is 0 Å². The van der Waals surface area contributed by atoms with E-state index in [4.69, 9.17) is 0 Å². The first-order chi connectivity index (χ1) is 10.4. The van der Waals surface area contributed by atoms with Crippen LogP contribution in [-0.4, -0.2) is 19.9 Å². The van der Waals surface area contributed by atoms with E-state index >= 15 is 0 Å². The molecule has 0 aliphatic heterocycles. The average Bonchev–Trinajstić information content (AvgIpc) is 2.93. The maximum Gasteiger partial charge on any atom is 0.163 e. The second-order valence-electron chi connectivity index (χ2n) is 5.26. The third-order valence-corrected chi connectivity index (χ3v) is 4.08. The van der Waals surface area contributed by atoms with Gasteiger partial charge in [-0.1, -0.05) is 42.5 Å². The third-order valence-electron chi connectivity index (χ3n) is 4.08. The van der Waals surface area contributed by atoms with Gasteiger partial charge in [0, 0.05) is 11.6 Å². The molecule has 4 rings (SSSR count). The van der Waals surface area contributed by atoms with E-state index in [2.05, 4.69) is 34.5 Å². The lowest BCUT2D eigenvalue weighted by Gasteiger charge is -2.29. The Morgan fingerprint density at radius 1 is 1.00 bits per heavy atom. The van der Waals surface area contributed by atoms with E-state index in [-0.39, 0.29) is 12.5 Å². The highest BCUT2D eigenvalue weighted by atomic mass is 16.3. The molecule has 3 aromatic rings. The molecule has 0 bridgehead atoms. The van der Waals surface area contributed by atoms with E-state index in [0.29, 0.717) is 5.82 Å². The molecule has 0 saturated carbocycles. The minimum absolute atomic E-state index is 0.115. The van der Waals surface area contributed by atoms with E-state index < -0.39 is 0 Å². The van der Waals surface area contributed by atoms with Crippen molar-refractivity contribution in [1.82, 2.24) is 14.8 Å². The zero-order valence-electron chi connectivity index (χ0n) is 11.5. The highest BCUT2D eigenvalue weighted by Crippen LogP contribution is 2.39. The topological polar surface area (TPSA) is 50.9 Å². The average molecular weight is 277 g/mol. The van der Waals surface area contributed by atoms with Gasteiger partial charge in [0.2, 0.25) is 0 Å². The normalized spacial score (nSPS) is 16.3. The fourth-order valence-electron chi connectivity index (χ4n) is 3.01. The predicted molar refractivity (Wildman–Crippen MR) is 79.3 cm³/mol. The molecule has 21 heavy (non-hydrogen) atoms. The van der Waals surface area contributed by atoms with Gasteiger partial charge in [0.05, 0.1) is 0 Å². The number of aliphatic hydroxyl groups is 1. The second kappa shape index (κ2) is 4.82. The molecule has 0 fully saturated rings. The first kappa shape index (κ1) is 12.3. The van der Waals surface area contributed by atoms with Crippen LogP contribution in [0.4, 0.5) is 0 Å². The van der Waals surface area contributed by atoms with Gasteiger partial charge in [0.15, 0.2) is 5.82 Å². The number of hydrogen-bond donors (Lipinski definition) is 1. The number of para-hydroxylation sites is 1. The quantitative estimate of drug-likeness (QED) is 0.800. The third kappa shape index (κ3) is 1.87. The first-order valence-electron chi connectivity index (χ1n) is 7.07. The summed E-state index contributed by atoms with van der Waals surface area (Å²) in [5.41, 5.74) is 3.67. The molecule has 2 aromatic carbocycles. The van der Waals surface area contributed by atoms with Crippen molar-refractivity contribution in [3.05, 3.63) is 77.4 Å². The molecule has 1 aliphatic carbocycles. The Morgan fingerprint density at radius 2 is 1.76 bits per heavy atom. The summed E-state index contributed by atoms with van der Waals surface area (Å²) in [6.45, 7) is -0.115. The fourth-order valence-corrected chi connectivity index (χ4v) is 3.01. The van der Waals surface area contributed by atoms with E-state index in [1.165, 1.54) is 11.1 Å². The lowest BCUT2D eigenvalue weighted by Crippen LogP contribution is -2.22. The van der Waals surface area contributed by atoms with Gasteiger partial charge in [0.1, 0.15) is 12.4 Å². The number of aliphatic hydroxyl groups excluding tert-OH is 1. The van der Waals surface area contributed by atoms with Crippen LogP contribution in [0.3, 0.4) is 0 Å². The van der Waals surface area contributed by atoms with Gasteiger partial charge in [-0.15, -0.1) is 10.2 Å². The van der Waals surface area contributed by atoms with Crippen LogP contribution in [0.15, 0.2) is 54.6 Å². The number of nitrogens with zero attached hydrogens (tertiary/aromatic N) is 3. The number of aromatic nitrogens is 3. The van der Waals surface area contributed by atoms with Crippen molar-refractivity contribution >= 4 is 0 Å². The van der Waals surface area contributed by atoms with Gasteiger partial charge in [-0.25, -0.2) is 0 Å². The summed E-state index contributed by atoms with van der Waals surface area (Å²) in [5.74, 6) is 1.75. The summed E-state index contributed by atoms with van der Waals surface area (Å²) in [5, 5.41) is 18.0. The Kier molecular flexibility index (Phi) is 2.82. The van der Waals surface area contributed by atoms with Gasteiger partial charge in [-0.05, 0) is 29.7 Å². The van der Waals surface area contributed by atoms with E-state index in [1.807, 2.05) is 34.9 Å². The van der Waals surface area contributed by atoms with Crippen LogP contribution in [0.1, 0.15) is 28.7 Å². The molecule has 1 heterocycles. The summed E-state index contributed by atoms with van der Waals surface area (Å²) in [4.78, 5) is 0. The molecule has 4 heteroatoms. The monoisotopic (exact) mass is 277 g/mol. The largest absolute Gasteiger partial charge is 0.388 e. The SMILES string of the molecule is OCc1nnc(C2Cc3ccccc32)n1-c1ccccc1. The molecule has 1 atom stereocenters. The molecule has 0 radical (unpaired) electrons. The first-order valence-corrected chi connectivity index (χ1v) is 7.07. The van der Waals surface area contributed by atoms with Crippen molar-refractivity contribution in [2.24, 2.45) is 0 Å². The van der Waals surface area contributed by atoms with Crippen LogP contribution in [0.5, 0.6) is 0 Å². The van der Waals surface area contributed by atoms with Crippen molar-refractivity contribution in [2.45, 2.75) is 18.9 Å². The van der Waals surface area contributed by atoms with Gasteiger partial charge < -0.3 is 5.11 Å². The molecule has 0 spiro atoms. The molecule has 0 amide bonds. The van der Waals surface area contributed by atoms with Crippen LogP contribution in [-0.2, 0) is 13.0 Å². The standard InChI is InChI=1S/C17H15N3O/c21-11-16-18-19-17(20(16)13-7-2-1-3-8-13)15-10-12-6-4-5-9-14(12)15/h1-9,15,21H,10-11H2. The van der Waals surface area contributed by atoms with Crippen LogP contribution in [0.2, 0.25) is 0 Å². The van der Waals surface area contributed by atoms with E-state index in [9.17, 15) is 5.11 Å². The summed E-state index contributed by atoms with van der Waals surface area (Å²) >= 11 is 0. The van der Waals surface area contributed by atoms with E-state index in [0.717, 1.165) is 17.9 Å². The summed E-state index contributed by atoms with van der Waals surface area (Å²) in [6, 6.07) is 18.4. The summed E-state index contributed by atoms with van der Waals surface area (Å²) in [6.07, 6.45) is 0.979. The summed E-state index contributed by atoms with van der Waals surface area (Å²) < 4.78 is 1.97. The molecule has 1 aliphatic rings. The predicted octanol–water partition coefficient (Wildman–Crippen LogP) is 2.45. The second-order valence-corrected chi connectivity index (χ2v) is 5.26. The zero-order valence-corrected chi connectivity index (χ0v) is 11.5.